The average Bonchev–Trinajstić information content (AvgIpc) is 3.36. The summed E-state index contributed by atoms with van der Waals surface area (Å²) in [6, 6.07) is 11.7. The van der Waals surface area contributed by atoms with Gasteiger partial charge in [0.25, 0.3) is 5.91 Å². The van der Waals surface area contributed by atoms with Gasteiger partial charge in [-0.2, -0.15) is 5.10 Å². The monoisotopic (exact) mass is 373 g/mol. The summed E-state index contributed by atoms with van der Waals surface area (Å²) >= 11 is 0. The predicted molar refractivity (Wildman–Crippen MR) is 104 cm³/mol. The van der Waals surface area contributed by atoms with E-state index in [1.165, 1.54) is 6.33 Å². The van der Waals surface area contributed by atoms with Crippen molar-refractivity contribution < 1.29 is 9.21 Å². The number of furan rings is 1. The molecule has 0 spiro atoms. The fraction of sp³-hybridized carbons (Fsp3) is 0.143. The van der Waals surface area contributed by atoms with Crippen LogP contribution in [0.15, 0.2) is 65.7 Å². The zero-order valence-electron chi connectivity index (χ0n) is 15.4. The molecule has 4 rings (SSSR count). The summed E-state index contributed by atoms with van der Waals surface area (Å²) in [6.45, 7) is 2.48. The maximum Gasteiger partial charge on any atom is 0.284 e. The standard InChI is InChI=1S/C21H19N5O2/c1-2-19-16(9-20(28-19)21(22)27)12-26-7-6-18(25-26)15-5-3-4-14(8-15)17-10-23-13-24-11-17/h3-11,13H,2,12H2,1H3,(H2,22,27). The van der Waals surface area contributed by atoms with Crippen LogP contribution in [0.5, 0.6) is 0 Å². The highest BCUT2D eigenvalue weighted by Gasteiger charge is 2.14. The van der Waals surface area contributed by atoms with Gasteiger partial charge >= 0.3 is 0 Å². The molecule has 1 amide bonds. The first-order chi connectivity index (χ1) is 13.6. The molecule has 0 saturated heterocycles. The van der Waals surface area contributed by atoms with Crippen molar-refractivity contribution in [3.05, 3.63) is 78.4 Å². The molecule has 0 unspecified atom stereocenters. The fourth-order valence-electron chi connectivity index (χ4n) is 3.11. The summed E-state index contributed by atoms with van der Waals surface area (Å²) in [5.41, 5.74) is 10.1. The SMILES string of the molecule is CCc1oc(C(N)=O)cc1Cn1ccc(-c2cccc(-c3cncnc3)c2)n1. The number of hydrogen-bond donors (Lipinski definition) is 1. The summed E-state index contributed by atoms with van der Waals surface area (Å²) in [4.78, 5) is 19.5. The highest BCUT2D eigenvalue weighted by Crippen LogP contribution is 2.25. The van der Waals surface area contributed by atoms with Gasteiger partial charge in [-0.25, -0.2) is 9.97 Å². The van der Waals surface area contributed by atoms with Crippen LogP contribution in [0.4, 0.5) is 0 Å². The lowest BCUT2D eigenvalue weighted by Crippen LogP contribution is -2.09. The molecule has 7 nitrogen and oxygen atoms in total. The Morgan fingerprint density at radius 3 is 2.64 bits per heavy atom. The highest BCUT2D eigenvalue weighted by atomic mass is 16.3. The lowest BCUT2D eigenvalue weighted by Gasteiger charge is -2.04. The van der Waals surface area contributed by atoms with Crippen molar-refractivity contribution in [2.45, 2.75) is 19.9 Å². The second-order valence-electron chi connectivity index (χ2n) is 6.38. The smallest absolute Gasteiger partial charge is 0.284 e. The number of aromatic nitrogens is 4. The van der Waals surface area contributed by atoms with Crippen LogP contribution in [-0.2, 0) is 13.0 Å². The minimum absolute atomic E-state index is 0.178. The number of carbonyl (C=O) groups is 1. The van der Waals surface area contributed by atoms with E-state index in [4.69, 9.17) is 10.2 Å². The third kappa shape index (κ3) is 3.55. The zero-order valence-corrected chi connectivity index (χ0v) is 15.4. The Kier molecular flexibility index (Phi) is 4.72. The minimum Gasteiger partial charge on any atom is -0.456 e. The second-order valence-corrected chi connectivity index (χ2v) is 6.38. The molecule has 0 bridgehead atoms. The fourth-order valence-corrected chi connectivity index (χ4v) is 3.11. The number of nitrogens with zero attached hydrogens (tertiary/aromatic N) is 4. The largest absolute Gasteiger partial charge is 0.456 e. The Bertz CT molecular complexity index is 1110. The van der Waals surface area contributed by atoms with Gasteiger partial charge in [-0.1, -0.05) is 25.1 Å². The molecule has 140 valence electrons. The van der Waals surface area contributed by atoms with Gasteiger partial charge in [-0.15, -0.1) is 0 Å². The van der Waals surface area contributed by atoms with E-state index >= 15 is 0 Å². The van der Waals surface area contributed by atoms with Crippen LogP contribution in [0.1, 0.15) is 28.8 Å². The van der Waals surface area contributed by atoms with Gasteiger partial charge < -0.3 is 10.2 Å². The van der Waals surface area contributed by atoms with Gasteiger partial charge in [0.05, 0.1) is 12.2 Å². The third-order valence-corrected chi connectivity index (χ3v) is 4.49. The molecule has 0 fully saturated rings. The molecule has 0 aliphatic heterocycles. The van der Waals surface area contributed by atoms with Gasteiger partial charge in [-0.05, 0) is 23.8 Å². The maximum atomic E-state index is 11.4. The predicted octanol–water partition coefficient (Wildman–Crippen LogP) is 3.31. The van der Waals surface area contributed by atoms with Gasteiger partial charge in [-0.3, -0.25) is 9.48 Å². The number of aryl methyl sites for hydroxylation is 1. The van der Waals surface area contributed by atoms with Crippen LogP contribution in [-0.4, -0.2) is 25.7 Å². The Labute approximate surface area is 161 Å². The number of amides is 1. The normalized spacial score (nSPS) is 10.9. The first-order valence-corrected chi connectivity index (χ1v) is 8.94. The number of primary amides is 1. The van der Waals surface area contributed by atoms with Crippen LogP contribution < -0.4 is 5.73 Å². The number of hydrogen-bond acceptors (Lipinski definition) is 5. The molecule has 3 aromatic heterocycles. The van der Waals surface area contributed by atoms with E-state index in [1.807, 2.05) is 42.1 Å². The van der Waals surface area contributed by atoms with Crippen molar-refractivity contribution in [2.24, 2.45) is 5.73 Å². The molecule has 0 atom stereocenters. The molecule has 0 saturated carbocycles. The van der Waals surface area contributed by atoms with Crippen molar-refractivity contribution in [3.63, 3.8) is 0 Å². The van der Waals surface area contributed by atoms with E-state index in [0.717, 1.165) is 33.7 Å². The summed E-state index contributed by atoms with van der Waals surface area (Å²) < 4.78 is 7.35. The maximum absolute atomic E-state index is 11.4. The van der Waals surface area contributed by atoms with E-state index in [1.54, 1.807) is 18.5 Å². The van der Waals surface area contributed by atoms with Gasteiger partial charge in [0.1, 0.15) is 12.1 Å². The molecule has 1 aromatic carbocycles. The first-order valence-electron chi connectivity index (χ1n) is 8.94. The van der Waals surface area contributed by atoms with E-state index in [9.17, 15) is 4.79 Å². The van der Waals surface area contributed by atoms with Crippen LogP contribution in [0.25, 0.3) is 22.4 Å². The summed E-state index contributed by atoms with van der Waals surface area (Å²) in [5, 5.41) is 4.67. The molecule has 0 radical (unpaired) electrons. The molecule has 0 aliphatic carbocycles. The van der Waals surface area contributed by atoms with Crippen molar-refractivity contribution in [2.75, 3.05) is 0 Å². The lowest BCUT2D eigenvalue weighted by molar-refractivity contribution is 0.0972. The zero-order chi connectivity index (χ0) is 19.5. The number of rotatable bonds is 6. The van der Waals surface area contributed by atoms with Gasteiger partial charge in [0.2, 0.25) is 0 Å². The summed E-state index contributed by atoms with van der Waals surface area (Å²) in [7, 11) is 0. The topological polar surface area (TPSA) is 99.8 Å². The van der Waals surface area contributed by atoms with Crippen LogP contribution in [0.2, 0.25) is 0 Å². The summed E-state index contributed by atoms with van der Waals surface area (Å²) in [6.07, 6.45) is 7.67. The second kappa shape index (κ2) is 7.48. The van der Waals surface area contributed by atoms with E-state index in [2.05, 4.69) is 21.1 Å². The van der Waals surface area contributed by atoms with Crippen molar-refractivity contribution in [1.82, 2.24) is 19.7 Å². The molecule has 28 heavy (non-hydrogen) atoms. The van der Waals surface area contributed by atoms with E-state index in [0.29, 0.717) is 13.0 Å². The van der Waals surface area contributed by atoms with Crippen LogP contribution >= 0.6 is 0 Å². The average molecular weight is 373 g/mol. The molecular formula is C21H19N5O2. The Hall–Kier alpha value is -3.74. The van der Waals surface area contributed by atoms with Gasteiger partial charge in [0.15, 0.2) is 5.76 Å². The molecule has 7 heteroatoms. The molecule has 3 heterocycles. The molecule has 2 N–H and O–H groups in total. The summed E-state index contributed by atoms with van der Waals surface area (Å²) in [5.74, 6) is 0.359. The van der Waals surface area contributed by atoms with Crippen LogP contribution in [0.3, 0.4) is 0 Å². The van der Waals surface area contributed by atoms with E-state index < -0.39 is 5.91 Å². The number of nitrogens with two attached hydrogens (primary N) is 1. The lowest BCUT2D eigenvalue weighted by atomic mass is 10.0. The van der Waals surface area contributed by atoms with Crippen molar-refractivity contribution in [3.8, 4) is 22.4 Å². The Morgan fingerprint density at radius 2 is 1.89 bits per heavy atom. The minimum atomic E-state index is -0.566. The van der Waals surface area contributed by atoms with Gasteiger partial charge in [0, 0.05) is 41.7 Å². The Balaban J connectivity index is 1.60. The molecule has 4 aromatic rings. The number of carbonyl (C=O) groups excluding carboxylic acids is 1. The number of benzene rings is 1. The Morgan fingerprint density at radius 1 is 1.11 bits per heavy atom. The van der Waals surface area contributed by atoms with Crippen molar-refractivity contribution in [1.29, 1.82) is 0 Å². The highest BCUT2D eigenvalue weighted by molar-refractivity contribution is 5.90. The van der Waals surface area contributed by atoms with Crippen molar-refractivity contribution >= 4 is 5.91 Å². The molecular weight excluding hydrogens is 354 g/mol. The van der Waals surface area contributed by atoms with Crippen LogP contribution in [0, 0.1) is 0 Å². The molecule has 0 aliphatic rings. The van der Waals surface area contributed by atoms with E-state index in [-0.39, 0.29) is 5.76 Å². The quantitative estimate of drug-likeness (QED) is 0.559. The third-order valence-electron chi connectivity index (χ3n) is 4.49. The first kappa shape index (κ1) is 17.7.